The van der Waals surface area contributed by atoms with Gasteiger partial charge in [0.25, 0.3) is 0 Å². The second kappa shape index (κ2) is 7.88. The average Bonchev–Trinajstić information content (AvgIpc) is 3.01. The van der Waals surface area contributed by atoms with Crippen LogP contribution >= 0.6 is 0 Å². The monoisotopic (exact) mass is 334 g/mol. The Kier molecular flexibility index (Phi) is 6.10. The van der Waals surface area contributed by atoms with E-state index >= 15 is 0 Å². The van der Waals surface area contributed by atoms with Crippen LogP contribution in [0.25, 0.3) is 0 Å². The summed E-state index contributed by atoms with van der Waals surface area (Å²) in [5, 5.41) is 12.5. The number of carbonyl (C=O) groups excluding carboxylic acids is 1. The fraction of sp³-hybridized carbons (Fsp3) is 0.632. The van der Waals surface area contributed by atoms with Crippen LogP contribution in [0.3, 0.4) is 0 Å². The molecule has 0 saturated carbocycles. The highest BCUT2D eigenvalue weighted by Crippen LogP contribution is 2.25. The molecular formula is C19H30N2O3. The number of benzene rings is 1. The summed E-state index contributed by atoms with van der Waals surface area (Å²) in [5.74, 6) is 1.01. The molecule has 0 aromatic heterocycles. The van der Waals surface area contributed by atoms with Crippen LogP contribution in [0.15, 0.2) is 24.3 Å². The molecule has 1 saturated heterocycles. The zero-order valence-corrected chi connectivity index (χ0v) is 15.2. The SMILES string of the molecule is C[C@@H](O)[C@H]1CCN(C(=O)NCCOc2cccc(C(C)(C)C)c2)C1. The van der Waals surface area contributed by atoms with Crippen molar-refractivity contribution in [2.75, 3.05) is 26.2 Å². The zero-order chi connectivity index (χ0) is 17.7. The first-order chi connectivity index (χ1) is 11.3. The molecule has 1 aliphatic heterocycles. The smallest absolute Gasteiger partial charge is 0.317 e. The van der Waals surface area contributed by atoms with E-state index < -0.39 is 0 Å². The number of hydrogen-bond donors (Lipinski definition) is 2. The Morgan fingerprint density at radius 3 is 2.83 bits per heavy atom. The first-order valence-corrected chi connectivity index (χ1v) is 8.71. The number of nitrogens with zero attached hydrogens (tertiary/aromatic N) is 1. The predicted octanol–water partition coefficient (Wildman–Crippen LogP) is 2.78. The number of ether oxygens (including phenoxy) is 1. The Labute approximate surface area is 145 Å². The summed E-state index contributed by atoms with van der Waals surface area (Å²) < 4.78 is 5.74. The third-order valence-corrected chi connectivity index (χ3v) is 4.54. The zero-order valence-electron chi connectivity index (χ0n) is 15.2. The van der Waals surface area contributed by atoms with Crippen LogP contribution in [0.1, 0.15) is 39.7 Å². The van der Waals surface area contributed by atoms with Crippen LogP contribution in [0.5, 0.6) is 5.75 Å². The second-order valence-electron chi connectivity index (χ2n) is 7.59. The highest BCUT2D eigenvalue weighted by atomic mass is 16.5. The minimum absolute atomic E-state index is 0.0785. The van der Waals surface area contributed by atoms with E-state index in [0.717, 1.165) is 12.2 Å². The lowest BCUT2D eigenvalue weighted by molar-refractivity contribution is 0.129. The summed E-state index contributed by atoms with van der Waals surface area (Å²) >= 11 is 0. The number of hydrogen-bond acceptors (Lipinski definition) is 3. The number of urea groups is 1. The largest absolute Gasteiger partial charge is 0.492 e. The van der Waals surface area contributed by atoms with Crippen molar-refractivity contribution in [3.05, 3.63) is 29.8 Å². The normalized spacial score (nSPS) is 19.2. The molecule has 24 heavy (non-hydrogen) atoms. The van der Waals surface area contributed by atoms with Gasteiger partial charge in [-0.1, -0.05) is 32.9 Å². The van der Waals surface area contributed by atoms with Crippen molar-refractivity contribution in [2.24, 2.45) is 5.92 Å². The topological polar surface area (TPSA) is 61.8 Å². The number of aliphatic hydroxyl groups is 1. The molecule has 134 valence electrons. The third-order valence-electron chi connectivity index (χ3n) is 4.54. The summed E-state index contributed by atoms with van der Waals surface area (Å²) in [6.45, 7) is 10.5. The van der Waals surface area contributed by atoms with Crippen molar-refractivity contribution in [3.8, 4) is 5.75 Å². The minimum atomic E-state index is -0.360. The van der Waals surface area contributed by atoms with Gasteiger partial charge in [-0.3, -0.25) is 0 Å². The van der Waals surface area contributed by atoms with Gasteiger partial charge in [0.05, 0.1) is 12.6 Å². The highest BCUT2D eigenvalue weighted by Gasteiger charge is 2.28. The summed E-state index contributed by atoms with van der Waals surface area (Å²) in [6, 6.07) is 8.00. The van der Waals surface area contributed by atoms with Gasteiger partial charge in [0.1, 0.15) is 12.4 Å². The van der Waals surface area contributed by atoms with Gasteiger partial charge in [-0.15, -0.1) is 0 Å². The van der Waals surface area contributed by atoms with Gasteiger partial charge in [0.15, 0.2) is 0 Å². The Hall–Kier alpha value is -1.75. The van der Waals surface area contributed by atoms with Gasteiger partial charge < -0.3 is 20.1 Å². The third kappa shape index (κ3) is 5.13. The van der Waals surface area contributed by atoms with Crippen molar-refractivity contribution >= 4 is 6.03 Å². The van der Waals surface area contributed by atoms with Crippen LogP contribution in [0, 0.1) is 5.92 Å². The Morgan fingerprint density at radius 1 is 1.46 bits per heavy atom. The van der Waals surface area contributed by atoms with E-state index in [4.69, 9.17) is 4.74 Å². The lowest BCUT2D eigenvalue weighted by atomic mass is 9.87. The van der Waals surface area contributed by atoms with Gasteiger partial charge in [-0.05, 0) is 36.5 Å². The van der Waals surface area contributed by atoms with Crippen molar-refractivity contribution < 1.29 is 14.6 Å². The Balaban J connectivity index is 1.73. The van der Waals surface area contributed by atoms with Crippen LogP contribution in [0.4, 0.5) is 4.79 Å². The van der Waals surface area contributed by atoms with Crippen LogP contribution in [-0.4, -0.2) is 48.4 Å². The molecule has 0 bridgehead atoms. The van der Waals surface area contributed by atoms with E-state index in [1.807, 2.05) is 12.1 Å². The molecule has 1 aliphatic rings. The summed E-state index contributed by atoms with van der Waals surface area (Å²) in [6.07, 6.45) is 0.502. The molecule has 1 heterocycles. The molecule has 2 amide bonds. The standard InChI is InChI=1S/C19H30N2O3/c1-14(22)15-8-10-21(13-15)18(23)20-9-11-24-17-7-5-6-16(12-17)19(2,3)4/h5-7,12,14-15,22H,8-11,13H2,1-4H3,(H,20,23)/t14-,15+/m1/s1. The first-order valence-electron chi connectivity index (χ1n) is 8.71. The molecule has 2 N–H and O–H groups in total. The minimum Gasteiger partial charge on any atom is -0.492 e. The van der Waals surface area contributed by atoms with Crippen molar-refractivity contribution in [1.29, 1.82) is 0 Å². The number of likely N-dealkylation sites (tertiary alicyclic amines) is 1. The fourth-order valence-corrected chi connectivity index (χ4v) is 2.86. The average molecular weight is 334 g/mol. The first kappa shape index (κ1) is 18.6. The van der Waals surface area contributed by atoms with Crippen molar-refractivity contribution in [1.82, 2.24) is 10.2 Å². The Bertz CT molecular complexity index is 552. The van der Waals surface area contributed by atoms with Crippen molar-refractivity contribution in [2.45, 2.75) is 45.6 Å². The number of aliphatic hydroxyl groups excluding tert-OH is 1. The maximum absolute atomic E-state index is 12.1. The maximum atomic E-state index is 12.1. The van der Waals surface area contributed by atoms with Gasteiger partial charge >= 0.3 is 6.03 Å². The molecule has 0 aliphatic carbocycles. The Morgan fingerprint density at radius 2 is 2.21 bits per heavy atom. The van der Waals surface area contributed by atoms with E-state index in [2.05, 4.69) is 38.2 Å². The molecule has 1 fully saturated rings. The van der Waals surface area contributed by atoms with Crippen LogP contribution in [-0.2, 0) is 5.41 Å². The lowest BCUT2D eigenvalue weighted by Crippen LogP contribution is -2.40. The summed E-state index contributed by atoms with van der Waals surface area (Å²) in [4.78, 5) is 13.8. The number of carbonyl (C=O) groups is 1. The molecule has 1 aromatic carbocycles. The van der Waals surface area contributed by atoms with Gasteiger partial charge in [0.2, 0.25) is 0 Å². The van der Waals surface area contributed by atoms with Crippen LogP contribution < -0.4 is 10.1 Å². The number of nitrogens with one attached hydrogen (secondary N) is 1. The summed E-state index contributed by atoms with van der Waals surface area (Å²) in [5.41, 5.74) is 1.31. The molecule has 5 nitrogen and oxygen atoms in total. The van der Waals surface area contributed by atoms with E-state index in [1.54, 1.807) is 11.8 Å². The van der Waals surface area contributed by atoms with E-state index in [9.17, 15) is 9.90 Å². The predicted molar refractivity (Wildman–Crippen MR) is 95.4 cm³/mol. The van der Waals surface area contributed by atoms with E-state index in [1.165, 1.54) is 5.56 Å². The molecule has 2 rings (SSSR count). The summed E-state index contributed by atoms with van der Waals surface area (Å²) in [7, 11) is 0. The van der Waals surface area contributed by atoms with Gasteiger partial charge in [0, 0.05) is 19.0 Å². The molecule has 0 spiro atoms. The molecule has 0 unspecified atom stereocenters. The van der Waals surface area contributed by atoms with Crippen LogP contribution in [0.2, 0.25) is 0 Å². The van der Waals surface area contributed by atoms with Gasteiger partial charge in [-0.25, -0.2) is 4.79 Å². The fourth-order valence-electron chi connectivity index (χ4n) is 2.86. The van der Waals surface area contributed by atoms with E-state index in [0.29, 0.717) is 26.2 Å². The quantitative estimate of drug-likeness (QED) is 0.814. The highest BCUT2D eigenvalue weighted by molar-refractivity contribution is 5.74. The second-order valence-corrected chi connectivity index (χ2v) is 7.59. The van der Waals surface area contributed by atoms with Crippen molar-refractivity contribution in [3.63, 3.8) is 0 Å². The number of amides is 2. The molecule has 0 radical (unpaired) electrons. The lowest BCUT2D eigenvalue weighted by Gasteiger charge is -2.20. The van der Waals surface area contributed by atoms with E-state index in [-0.39, 0.29) is 23.5 Å². The molecule has 2 atom stereocenters. The molecule has 1 aromatic rings. The number of rotatable bonds is 5. The molecule has 5 heteroatoms. The van der Waals surface area contributed by atoms with Gasteiger partial charge in [-0.2, -0.15) is 0 Å². The maximum Gasteiger partial charge on any atom is 0.317 e. The molecular weight excluding hydrogens is 304 g/mol.